The number of anilines is 2. The Kier molecular flexibility index (Phi) is 4.49. The number of thiazole rings is 1. The van der Waals surface area contributed by atoms with E-state index in [9.17, 15) is 4.79 Å². The zero-order chi connectivity index (χ0) is 16.4. The van der Waals surface area contributed by atoms with Gasteiger partial charge >= 0.3 is 0 Å². The van der Waals surface area contributed by atoms with Crippen LogP contribution in [0.15, 0.2) is 40.9 Å². The number of hydrogen-bond acceptors (Lipinski definition) is 6. The molecule has 0 unspecified atom stereocenters. The molecule has 5 nitrogen and oxygen atoms in total. The molecule has 0 fully saturated rings. The number of pyridine rings is 1. The summed E-state index contributed by atoms with van der Waals surface area (Å²) in [4.78, 5) is 23.1. The van der Waals surface area contributed by atoms with Crippen molar-refractivity contribution in [2.24, 2.45) is 0 Å². The third-order valence-electron chi connectivity index (χ3n) is 3.26. The highest BCUT2D eigenvalue weighted by Gasteiger charge is 2.14. The van der Waals surface area contributed by atoms with E-state index in [4.69, 9.17) is 0 Å². The highest BCUT2D eigenvalue weighted by Crippen LogP contribution is 2.30. The molecule has 0 aliphatic heterocycles. The lowest BCUT2D eigenvalue weighted by Crippen LogP contribution is -2.19. The number of thioether (sulfide) groups is 1. The van der Waals surface area contributed by atoms with E-state index in [0.717, 1.165) is 20.2 Å². The van der Waals surface area contributed by atoms with Gasteiger partial charge in [0.05, 0.1) is 15.8 Å². The highest BCUT2D eigenvalue weighted by atomic mass is 32.2. The largest absolute Gasteiger partial charge is 0.362 e. The maximum Gasteiger partial charge on any atom is 0.259 e. The van der Waals surface area contributed by atoms with E-state index < -0.39 is 0 Å². The summed E-state index contributed by atoms with van der Waals surface area (Å²) in [5.41, 5.74) is 2.26. The first-order valence-electron chi connectivity index (χ1n) is 6.97. The first-order valence-corrected chi connectivity index (χ1v) is 9.01. The van der Waals surface area contributed by atoms with Gasteiger partial charge in [-0.3, -0.25) is 4.79 Å². The number of aromatic nitrogens is 2. The van der Waals surface area contributed by atoms with Gasteiger partial charge in [-0.05, 0) is 36.6 Å². The van der Waals surface area contributed by atoms with E-state index in [2.05, 4.69) is 15.3 Å². The van der Waals surface area contributed by atoms with Gasteiger partial charge in [-0.1, -0.05) is 11.8 Å². The second kappa shape index (κ2) is 6.55. The van der Waals surface area contributed by atoms with Crippen molar-refractivity contribution < 1.29 is 4.79 Å². The van der Waals surface area contributed by atoms with Gasteiger partial charge in [0.25, 0.3) is 5.91 Å². The van der Waals surface area contributed by atoms with Crippen molar-refractivity contribution in [2.45, 2.75) is 4.34 Å². The van der Waals surface area contributed by atoms with Crippen molar-refractivity contribution in [3.8, 4) is 0 Å². The Labute approximate surface area is 142 Å². The predicted octanol–water partition coefficient (Wildman–Crippen LogP) is 3.73. The number of carbonyl (C=O) groups is 1. The molecule has 118 valence electrons. The van der Waals surface area contributed by atoms with Gasteiger partial charge in [-0.2, -0.15) is 0 Å². The maximum absolute atomic E-state index is 12.5. The lowest BCUT2D eigenvalue weighted by molar-refractivity contribution is 0.102. The third kappa shape index (κ3) is 3.30. The van der Waals surface area contributed by atoms with Crippen LogP contribution in [0.4, 0.5) is 11.5 Å². The predicted molar refractivity (Wildman–Crippen MR) is 97.9 cm³/mol. The number of fused-ring (bicyclic) bond motifs is 1. The SMILES string of the molecule is CSc1nc2ccc(NC(=O)c3cccnc3N(C)C)cc2s1. The standard InChI is InChI=1S/C16H16N4OS2/c1-20(2)14-11(5-4-8-17-14)15(21)18-10-6-7-12-13(9-10)23-16(19-12)22-3/h4-9H,1-3H3,(H,18,21). The molecule has 0 spiro atoms. The molecule has 23 heavy (non-hydrogen) atoms. The summed E-state index contributed by atoms with van der Waals surface area (Å²) in [7, 11) is 3.73. The average Bonchev–Trinajstić information content (AvgIpc) is 2.97. The molecule has 0 bridgehead atoms. The number of nitrogens with zero attached hydrogens (tertiary/aromatic N) is 3. The monoisotopic (exact) mass is 344 g/mol. The zero-order valence-corrected chi connectivity index (χ0v) is 14.7. The molecule has 0 atom stereocenters. The number of rotatable bonds is 4. The Morgan fingerprint density at radius 1 is 1.30 bits per heavy atom. The third-order valence-corrected chi connectivity index (χ3v) is 5.26. The van der Waals surface area contributed by atoms with Crippen LogP contribution in [0.25, 0.3) is 10.2 Å². The van der Waals surface area contributed by atoms with Gasteiger partial charge in [0.15, 0.2) is 4.34 Å². The molecule has 1 N–H and O–H groups in total. The van der Waals surface area contributed by atoms with E-state index in [0.29, 0.717) is 11.4 Å². The maximum atomic E-state index is 12.5. The number of carbonyl (C=O) groups excluding carboxylic acids is 1. The average molecular weight is 344 g/mol. The van der Waals surface area contributed by atoms with Crippen LogP contribution in [0, 0.1) is 0 Å². The molecule has 0 aliphatic carbocycles. The van der Waals surface area contributed by atoms with Gasteiger partial charge in [0, 0.05) is 26.0 Å². The Hall–Kier alpha value is -2.12. The van der Waals surface area contributed by atoms with Crippen molar-refractivity contribution in [3.05, 3.63) is 42.1 Å². The van der Waals surface area contributed by atoms with Crippen molar-refractivity contribution in [1.29, 1.82) is 0 Å². The topological polar surface area (TPSA) is 58.1 Å². The van der Waals surface area contributed by atoms with Crippen molar-refractivity contribution in [2.75, 3.05) is 30.6 Å². The van der Waals surface area contributed by atoms with E-state index in [1.165, 1.54) is 0 Å². The quantitative estimate of drug-likeness (QED) is 0.731. The molecular formula is C16H16N4OS2. The number of nitrogens with one attached hydrogen (secondary N) is 1. The van der Waals surface area contributed by atoms with Crippen LogP contribution >= 0.6 is 23.1 Å². The molecule has 3 aromatic rings. The van der Waals surface area contributed by atoms with Gasteiger partial charge in [-0.15, -0.1) is 11.3 Å². The van der Waals surface area contributed by atoms with Gasteiger partial charge < -0.3 is 10.2 Å². The van der Waals surface area contributed by atoms with E-state index in [-0.39, 0.29) is 5.91 Å². The summed E-state index contributed by atoms with van der Waals surface area (Å²) < 4.78 is 2.08. The smallest absolute Gasteiger partial charge is 0.259 e. The summed E-state index contributed by atoms with van der Waals surface area (Å²) in [5.74, 6) is 0.476. The first-order chi connectivity index (χ1) is 11.1. The van der Waals surface area contributed by atoms with E-state index >= 15 is 0 Å². The minimum atomic E-state index is -0.171. The van der Waals surface area contributed by atoms with Gasteiger partial charge in [0.2, 0.25) is 0 Å². The number of amides is 1. The highest BCUT2D eigenvalue weighted by molar-refractivity contribution is 8.00. The summed E-state index contributed by atoms with van der Waals surface area (Å²) in [6.07, 6.45) is 3.69. The summed E-state index contributed by atoms with van der Waals surface area (Å²) >= 11 is 3.24. The molecular weight excluding hydrogens is 328 g/mol. The molecule has 1 amide bonds. The molecule has 0 radical (unpaired) electrons. The van der Waals surface area contributed by atoms with Crippen LogP contribution < -0.4 is 10.2 Å². The molecule has 1 aromatic carbocycles. The Morgan fingerprint density at radius 3 is 2.87 bits per heavy atom. The van der Waals surface area contributed by atoms with Crippen molar-refractivity contribution >= 4 is 50.7 Å². The van der Waals surface area contributed by atoms with Gasteiger partial charge in [-0.25, -0.2) is 9.97 Å². The van der Waals surface area contributed by atoms with Crippen molar-refractivity contribution in [3.63, 3.8) is 0 Å². The van der Waals surface area contributed by atoms with Crippen LogP contribution in [-0.4, -0.2) is 36.2 Å². The fourth-order valence-electron chi connectivity index (χ4n) is 2.20. The van der Waals surface area contributed by atoms with Gasteiger partial charge in [0.1, 0.15) is 5.82 Å². The van der Waals surface area contributed by atoms with Crippen LogP contribution in [0.2, 0.25) is 0 Å². The lowest BCUT2D eigenvalue weighted by Gasteiger charge is -2.15. The van der Waals surface area contributed by atoms with E-state index in [1.54, 1.807) is 41.4 Å². The molecule has 2 aromatic heterocycles. The summed E-state index contributed by atoms with van der Waals surface area (Å²) in [5, 5.41) is 2.94. The zero-order valence-electron chi connectivity index (χ0n) is 13.0. The Balaban J connectivity index is 1.88. The Morgan fingerprint density at radius 2 is 2.13 bits per heavy atom. The Bertz CT molecular complexity index is 860. The second-order valence-corrected chi connectivity index (χ2v) is 7.17. The molecule has 0 aliphatic rings. The molecule has 0 saturated heterocycles. The molecule has 3 rings (SSSR count). The summed E-state index contributed by atoms with van der Waals surface area (Å²) in [6.45, 7) is 0. The minimum Gasteiger partial charge on any atom is -0.362 e. The molecule has 0 saturated carbocycles. The second-order valence-electron chi connectivity index (χ2n) is 5.09. The minimum absolute atomic E-state index is 0.171. The van der Waals surface area contributed by atoms with Crippen LogP contribution in [0.1, 0.15) is 10.4 Å². The number of hydrogen-bond donors (Lipinski definition) is 1. The molecule has 7 heteroatoms. The van der Waals surface area contributed by atoms with Crippen molar-refractivity contribution in [1.82, 2.24) is 9.97 Å². The van der Waals surface area contributed by atoms with Crippen LogP contribution in [0.5, 0.6) is 0 Å². The van der Waals surface area contributed by atoms with E-state index in [1.807, 2.05) is 43.5 Å². The van der Waals surface area contributed by atoms with Crippen LogP contribution in [-0.2, 0) is 0 Å². The lowest BCUT2D eigenvalue weighted by atomic mass is 10.2. The number of benzene rings is 1. The fourth-order valence-corrected chi connectivity index (χ4v) is 3.73. The molecule has 2 heterocycles. The fraction of sp³-hybridized carbons (Fsp3) is 0.188. The normalized spacial score (nSPS) is 10.7. The summed E-state index contributed by atoms with van der Waals surface area (Å²) in [6, 6.07) is 9.29. The van der Waals surface area contributed by atoms with Crippen LogP contribution in [0.3, 0.4) is 0 Å². The first kappa shape index (κ1) is 15.8.